The van der Waals surface area contributed by atoms with Crippen LogP contribution in [0.3, 0.4) is 0 Å². The van der Waals surface area contributed by atoms with E-state index in [-0.39, 0.29) is 11.6 Å². The summed E-state index contributed by atoms with van der Waals surface area (Å²) in [5.41, 5.74) is 0.936. The molecule has 0 aliphatic carbocycles. The van der Waals surface area contributed by atoms with Gasteiger partial charge in [0.1, 0.15) is 0 Å². The Labute approximate surface area is 97.1 Å². The molecule has 7 nitrogen and oxygen atoms in total. The average Bonchev–Trinajstić information content (AvgIpc) is 2.73. The molecule has 7 heteroatoms. The Morgan fingerprint density at radius 2 is 2.41 bits per heavy atom. The second kappa shape index (κ2) is 4.60. The van der Waals surface area contributed by atoms with E-state index in [0.29, 0.717) is 6.54 Å². The van der Waals surface area contributed by atoms with Crippen molar-refractivity contribution in [1.29, 1.82) is 0 Å². The molecule has 0 aliphatic heterocycles. The van der Waals surface area contributed by atoms with Gasteiger partial charge in [0.25, 0.3) is 0 Å². The van der Waals surface area contributed by atoms with Crippen molar-refractivity contribution in [3.05, 3.63) is 35.9 Å². The maximum Gasteiger partial charge on any atom is 0.354 e. The number of hydrogen-bond acceptors (Lipinski definition) is 5. The van der Waals surface area contributed by atoms with Gasteiger partial charge in [0.2, 0.25) is 5.95 Å². The number of aromatic nitrogens is 4. The third kappa shape index (κ3) is 2.77. The number of anilines is 1. The fourth-order valence-corrected chi connectivity index (χ4v) is 1.31. The first-order chi connectivity index (χ1) is 8.15. The number of aryl methyl sites for hydroxylation is 1. The molecular formula is C10H11N5O2. The summed E-state index contributed by atoms with van der Waals surface area (Å²) in [4.78, 5) is 18.5. The van der Waals surface area contributed by atoms with E-state index in [0.717, 1.165) is 5.56 Å². The van der Waals surface area contributed by atoms with Gasteiger partial charge in [0.05, 0.1) is 6.20 Å². The Kier molecular flexibility index (Phi) is 2.99. The molecule has 0 bridgehead atoms. The largest absolute Gasteiger partial charge is 0.477 e. The van der Waals surface area contributed by atoms with E-state index in [2.05, 4.69) is 20.4 Å². The number of carboxylic acids is 1. The Morgan fingerprint density at radius 3 is 3.06 bits per heavy atom. The number of nitrogens with one attached hydrogen (secondary N) is 1. The normalized spacial score (nSPS) is 10.2. The molecule has 2 aromatic rings. The fourth-order valence-electron chi connectivity index (χ4n) is 1.31. The van der Waals surface area contributed by atoms with Crippen molar-refractivity contribution < 1.29 is 9.90 Å². The fraction of sp³-hybridized carbons (Fsp3) is 0.200. The van der Waals surface area contributed by atoms with Gasteiger partial charge in [0, 0.05) is 31.5 Å². The molecular weight excluding hydrogens is 222 g/mol. The highest BCUT2D eigenvalue weighted by atomic mass is 16.4. The van der Waals surface area contributed by atoms with Gasteiger partial charge in [-0.05, 0) is 6.07 Å². The maximum absolute atomic E-state index is 10.7. The van der Waals surface area contributed by atoms with E-state index in [1.54, 1.807) is 10.9 Å². The zero-order valence-electron chi connectivity index (χ0n) is 9.16. The van der Waals surface area contributed by atoms with E-state index in [4.69, 9.17) is 5.11 Å². The average molecular weight is 233 g/mol. The Balaban J connectivity index is 2.04. The highest BCUT2D eigenvalue weighted by Crippen LogP contribution is 2.03. The molecule has 2 rings (SSSR count). The molecule has 0 unspecified atom stereocenters. The number of carboxylic acid groups (broad SMARTS) is 1. The number of carbonyl (C=O) groups is 1. The molecule has 2 N–H and O–H groups in total. The lowest BCUT2D eigenvalue weighted by atomic mass is 10.3. The van der Waals surface area contributed by atoms with Crippen molar-refractivity contribution in [3.8, 4) is 0 Å². The van der Waals surface area contributed by atoms with Crippen LogP contribution in [0.15, 0.2) is 24.7 Å². The van der Waals surface area contributed by atoms with E-state index < -0.39 is 5.97 Å². The zero-order chi connectivity index (χ0) is 12.3. The number of rotatable bonds is 4. The summed E-state index contributed by atoms with van der Waals surface area (Å²) in [6.45, 7) is 0.497. The van der Waals surface area contributed by atoms with Crippen molar-refractivity contribution in [2.24, 2.45) is 7.05 Å². The van der Waals surface area contributed by atoms with Crippen molar-refractivity contribution in [2.45, 2.75) is 6.54 Å². The van der Waals surface area contributed by atoms with E-state index in [9.17, 15) is 4.79 Å². The number of aromatic carboxylic acids is 1. The highest BCUT2D eigenvalue weighted by molar-refractivity contribution is 5.85. The second-order valence-corrected chi connectivity index (χ2v) is 3.45. The lowest BCUT2D eigenvalue weighted by Crippen LogP contribution is -2.07. The molecule has 17 heavy (non-hydrogen) atoms. The quantitative estimate of drug-likeness (QED) is 0.799. The molecule has 0 aromatic carbocycles. The van der Waals surface area contributed by atoms with Gasteiger partial charge in [-0.25, -0.2) is 14.8 Å². The minimum Gasteiger partial charge on any atom is -0.477 e. The smallest absolute Gasteiger partial charge is 0.354 e. The van der Waals surface area contributed by atoms with Crippen LogP contribution in [0.2, 0.25) is 0 Å². The van der Waals surface area contributed by atoms with E-state index >= 15 is 0 Å². The van der Waals surface area contributed by atoms with Crippen LogP contribution in [0.1, 0.15) is 16.1 Å². The lowest BCUT2D eigenvalue weighted by molar-refractivity contribution is 0.0690. The Hall–Kier alpha value is -2.44. The van der Waals surface area contributed by atoms with Gasteiger partial charge in [-0.2, -0.15) is 5.10 Å². The zero-order valence-corrected chi connectivity index (χ0v) is 9.16. The van der Waals surface area contributed by atoms with Gasteiger partial charge >= 0.3 is 5.97 Å². The molecule has 2 aromatic heterocycles. The third-order valence-electron chi connectivity index (χ3n) is 2.08. The molecule has 0 saturated heterocycles. The van der Waals surface area contributed by atoms with Crippen molar-refractivity contribution in [2.75, 3.05) is 5.32 Å². The SMILES string of the molecule is Cn1cc(CNc2nccc(C(=O)O)n2)cn1. The van der Waals surface area contributed by atoms with Crippen LogP contribution >= 0.6 is 0 Å². The van der Waals surface area contributed by atoms with Gasteiger partial charge in [0.15, 0.2) is 5.69 Å². The van der Waals surface area contributed by atoms with E-state index in [1.807, 2.05) is 13.2 Å². The minimum atomic E-state index is -1.07. The predicted molar refractivity (Wildman–Crippen MR) is 59.5 cm³/mol. The monoisotopic (exact) mass is 233 g/mol. The van der Waals surface area contributed by atoms with Crippen molar-refractivity contribution in [1.82, 2.24) is 19.7 Å². The van der Waals surface area contributed by atoms with Crippen LogP contribution in [-0.4, -0.2) is 30.8 Å². The molecule has 0 fully saturated rings. The molecule has 0 atom stereocenters. The van der Waals surface area contributed by atoms with Crippen LogP contribution in [0.25, 0.3) is 0 Å². The summed E-state index contributed by atoms with van der Waals surface area (Å²) >= 11 is 0. The Bertz CT molecular complexity index is 537. The van der Waals surface area contributed by atoms with Gasteiger partial charge in [-0.15, -0.1) is 0 Å². The molecule has 0 amide bonds. The number of hydrogen-bond donors (Lipinski definition) is 2. The molecule has 0 aliphatic rings. The van der Waals surface area contributed by atoms with Crippen LogP contribution in [-0.2, 0) is 13.6 Å². The van der Waals surface area contributed by atoms with Crippen LogP contribution in [0.5, 0.6) is 0 Å². The Morgan fingerprint density at radius 1 is 1.59 bits per heavy atom. The van der Waals surface area contributed by atoms with E-state index in [1.165, 1.54) is 12.3 Å². The maximum atomic E-state index is 10.7. The third-order valence-corrected chi connectivity index (χ3v) is 2.08. The first-order valence-corrected chi connectivity index (χ1v) is 4.93. The summed E-state index contributed by atoms with van der Waals surface area (Å²) in [5, 5.41) is 15.7. The molecule has 0 saturated carbocycles. The van der Waals surface area contributed by atoms with Gasteiger partial charge in [-0.3, -0.25) is 4.68 Å². The summed E-state index contributed by atoms with van der Waals surface area (Å²) < 4.78 is 1.69. The molecule has 0 spiro atoms. The lowest BCUT2D eigenvalue weighted by Gasteiger charge is -2.02. The minimum absolute atomic E-state index is 0.0336. The van der Waals surface area contributed by atoms with Crippen molar-refractivity contribution >= 4 is 11.9 Å². The summed E-state index contributed by atoms with van der Waals surface area (Å²) in [7, 11) is 1.82. The first-order valence-electron chi connectivity index (χ1n) is 4.93. The first kappa shape index (κ1) is 11.1. The van der Waals surface area contributed by atoms with Gasteiger partial charge < -0.3 is 10.4 Å². The summed E-state index contributed by atoms with van der Waals surface area (Å²) in [6.07, 6.45) is 4.98. The number of nitrogens with zero attached hydrogens (tertiary/aromatic N) is 4. The van der Waals surface area contributed by atoms with Crippen LogP contribution < -0.4 is 5.32 Å². The highest BCUT2D eigenvalue weighted by Gasteiger charge is 2.06. The summed E-state index contributed by atoms with van der Waals surface area (Å²) in [6, 6.07) is 1.34. The van der Waals surface area contributed by atoms with Crippen LogP contribution in [0.4, 0.5) is 5.95 Å². The van der Waals surface area contributed by atoms with Crippen molar-refractivity contribution in [3.63, 3.8) is 0 Å². The molecule has 88 valence electrons. The topological polar surface area (TPSA) is 92.9 Å². The second-order valence-electron chi connectivity index (χ2n) is 3.45. The predicted octanol–water partition coefficient (Wildman–Crippen LogP) is 0.520. The molecule has 0 radical (unpaired) electrons. The summed E-state index contributed by atoms with van der Waals surface area (Å²) in [5.74, 6) is -0.786. The standard InChI is InChI=1S/C10H11N5O2/c1-15-6-7(5-13-15)4-12-10-11-3-2-8(14-10)9(16)17/h2-3,5-6H,4H2,1H3,(H,16,17)(H,11,12,14). The van der Waals surface area contributed by atoms with Gasteiger partial charge in [-0.1, -0.05) is 0 Å². The molecule has 2 heterocycles. The van der Waals surface area contributed by atoms with Crippen LogP contribution in [0, 0.1) is 0 Å².